The van der Waals surface area contributed by atoms with Crippen LogP contribution in [0.1, 0.15) is 11.1 Å². The molecule has 0 bridgehead atoms. The summed E-state index contributed by atoms with van der Waals surface area (Å²) in [6, 6.07) is 12.7. The molecule has 0 saturated carbocycles. The molecule has 0 atom stereocenters. The van der Waals surface area contributed by atoms with E-state index in [9.17, 15) is 0 Å². The van der Waals surface area contributed by atoms with Gasteiger partial charge >= 0.3 is 0 Å². The standard InChI is InChI=1S/C21H27BrN2O3/c1-25-19-12-17(13-20(26-2)21(19)27-3)15-24-10-8-23(9-11-24)14-16-4-6-18(22)7-5-16/h4-7,12-13H,8-11,14-15H2,1-3H3. The van der Waals surface area contributed by atoms with Crippen LogP contribution < -0.4 is 14.2 Å². The number of benzene rings is 2. The second-order valence-corrected chi connectivity index (χ2v) is 7.63. The Hall–Kier alpha value is -1.76. The van der Waals surface area contributed by atoms with Crippen molar-refractivity contribution in [1.82, 2.24) is 9.80 Å². The van der Waals surface area contributed by atoms with E-state index in [0.29, 0.717) is 17.2 Å². The van der Waals surface area contributed by atoms with Gasteiger partial charge in [-0.3, -0.25) is 9.80 Å². The summed E-state index contributed by atoms with van der Waals surface area (Å²) in [4.78, 5) is 4.98. The van der Waals surface area contributed by atoms with Crippen LogP contribution in [0, 0.1) is 0 Å². The minimum absolute atomic E-state index is 0.642. The molecule has 1 aliphatic heterocycles. The Kier molecular flexibility index (Phi) is 6.99. The van der Waals surface area contributed by atoms with Crippen molar-refractivity contribution < 1.29 is 14.2 Å². The van der Waals surface area contributed by atoms with Crippen molar-refractivity contribution in [3.8, 4) is 17.2 Å². The molecule has 2 aromatic rings. The molecule has 1 saturated heterocycles. The molecule has 5 nitrogen and oxygen atoms in total. The molecule has 0 aromatic heterocycles. The third-order valence-corrected chi connectivity index (χ3v) is 5.44. The maximum atomic E-state index is 5.47. The molecule has 146 valence electrons. The third kappa shape index (κ3) is 5.15. The lowest BCUT2D eigenvalue weighted by Crippen LogP contribution is -2.45. The summed E-state index contributed by atoms with van der Waals surface area (Å²) < 4.78 is 17.5. The van der Waals surface area contributed by atoms with Crippen LogP contribution in [0.4, 0.5) is 0 Å². The summed E-state index contributed by atoms with van der Waals surface area (Å²) in [6.07, 6.45) is 0. The maximum absolute atomic E-state index is 5.47. The Morgan fingerprint density at radius 1 is 0.741 bits per heavy atom. The first-order valence-corrected chi connectivity index (χ1v) is 9.90. The van der Waals surface area contributed by atoms with Crippen molar-refractivity contribution >= 4 is 15.9 Å². The summed E-state index contributed by atoms with van der Waals surface area (Å²) in [5.41, 5.74) is 2.53. The number of halogens is 1. The number of hydrogen-bond donors (Lipinski definition) is 0. The minimum atomic E-state index is 0.642. The molecule has 0 unspecified atom stereocenters. The zero-order valence-corrected chi connectivity index (χ0v) is 17.8. The van der Waals surface area contributed by atoms with Gasteiger partial charge in [-0.05, 0) is 35.4 Å². The highest BCUT2D eigenvalue weighted by atomic mass is 79.9. The Balaban J connectivity index is 1.58. The summed E-state index contributed by atoms with van der Waals surface area (Å²) in [5.74, 6) is 2.06. The van der Waals surface area contributed by atoms with Crippen LogP contribution in [0.5, 0.6) is 17.2 Å². The molecule has 6 heteroatoms. The molecule has 0 radical (unpaired) electrons. The second-order valence-electron chi connectivity index (χ2n) is 6.71. The number of nitrogens with zero attached hydrogens (tertiary/aromatic N) is 2. The first kappa shape index (κ1) is 20.0. The number of methoxy groups -OCH3 is 3. The van der Waals surface area contributed by atoms with Gasteiger partial charge in [0.25, 0.3) is 0 Å². The first-order valence-electron chi connectivity index (χ1n) is 9.11. The van der Waals surface area contributed by atoms with Crippen molar-refractivity contribution in [3.05, 3.63) is 52.0 Å². The lowest BCUT2D eigenvalue weighted by Gasteiger charge is -2.34. The van der Waals surface area contributed by atoms with Crippen LogP contribution in [0.25, 0.3) is 0 Å². The fourth-order valence-electron chi connectivity index (χ4n) is 3.44. The van der Waals surface area contributed by atoms with Gasteiger partial charge in [0.1, 0.15) is 0 Å². The quantitative estimate of drug-likeness (QED) is 0.661. The van der Waals surface area contributed by atoms with Gasteiger partial charge in [-0.1, -0.05) is 28.1 Å². The van der Waals surface area contributed by atoms with Crippen molar-refractivity contribution in [2.75, 3.05) is 47.5 Å². The van der Waals surface area contributed by atoms with Crippen molar-refractivity contribution in [3.63, 3.8) is 0 Å². The molecule has 2 aromatic carbocycles. The van der Waals surface area contributed by atoms with Crippen molar-refractivity contribution in [1.29, 1.82) is 0 Å². The molecule has 0 spiro atoms. The molecule has 1 heterocycles. The number of ether oxygens (including phenoxy) is 3. The minimum Gasteiger partial charge on any atom is -0.493 e. The van der Waals surface area contributed by atoms with Crippen LogP contribution >= 0.6 is 15.9 Å². The van der Waals surface area contributed by atoms with E-state index >= 15 is 0 Å². The summed E-state index contributed by atoms with van der Waals surface area (Å²) in [7, 11) is 4.94. The predicted octanol–water partition coefficient (Wildman–Crippen LogP) is 3.79. The molecule has 0 aliphatic carbocycles. The van der Waals surface area contributed by atoms with E-state index in [-0.39, 0.29) is 0 Å². The van der Waals surface area contributed by atoms with E-state index < -0.39 is 0 Å². The number of hydrogen-bond acceptors (Lipinski definition) is 5. The van der Waals surface area contributed by atoms with Gasteiger partial charge in [0.05, 0.1) is 21.3 Å². The van der Waals surface area contributed by atoms with Crippen molar-refractivity contribution in [2.45, 2.75) is 13.1 Å². The van der Waals surface area contributed by atoms with Gasteiger partial charge in [-0.15, -0.1) is 0 Å². The third-order valence-electron chi connectivity index (χ3n) is 4.92. The van der Waals surface area contributed by atoms with Gasteiger partial charge < -0.3 is 14.2 Å². The largest absolute Gasteiger partial charge is 0.493 e. The highest BCUT2D eigenvalue weighted by Gasteiger charge is 2.19. The predicted molar refractivity (Wildman–Crippen MR) is 111 cm³/mol. The van der Waals surface area contributed by atoms with E-state index in [4.69, 9.17) is 14.2 Å². The Labute approximate surface area is 169 Å². The molecule has 27 heavy (non-hydrogen) atoms. The normalized spacial score (nSPS) is 15.6. The topological polar surface area (TPSA) is 34.2 Å². The average molecular weight is 435 g/mol. The van der Waals surface area contributed by atoms with Gasteiger partial charge in [-0.2, -0.15) is 0 Å². The van der Waals surface area contributed by atoms with Crippen molar-refractivity contribution in [2.24, 2.45) is 0 Å². The lowest BCUT2D eigenvalue weighted by molar-refractivity contribution is 0.122. The molecule has 3 rings (SSSR count). The summed E-state index contributed by atoms with van der Waals surface area (Å²) in [5, 5.41) is 0. The second kappa shape index (κ2) is 9.44. The zero-order chi connectivity index (χ0) is 19.2. The van der Waals surface area contributed by atoms with E-state index in [1.807, 2.05) is 12.1 Å². The maximum Gasteiger partial charge on any atom is 0.203 e. The fraction of sp³-hybridized carbons (Fsp3) is 0.429. The molecular formula is C21H27BrN2O3. The SMILES string of the molecule is COc1cc(CN2CCN(Cc3ccc(Br)cc3)CC2)cc(OC)c1OC. The van der Waals surface area contributed by atoms with Gasteiger partial charge in [0.15, 0.2) is 11.5 Å². The first-order chi connectivity index (χ1) is 13.1. The van der Waals surface area contributed by atoms with Crippen LogP contribution in [0.3, 0.4) is 0 Å². The van der Waals surface area contributed by atoms with Gasteiger partial charge in [0.2, 0.25) is 5.75 Å². The van der Waals surface area contributed by atoms with E-state index in [1.54, 1.807) is 21.3 Å². The molecular weight excluding hydrogens is 408 g/mol. The van der Waals surface area contributed by atoms with E-state index in [0.717, 1.165) is 43.7 Å². The molecule has 0 amide bonds. The van der Waals surface area contributed by atoms with Crippen LogP contribution in [-0.2, 0) is 13.1 Å². The van der Waals surface area contributed by atoms with Crippen LogP contribution in [0.2, 0.25) is 0 Å². The van der Waals surface area contributed by atoms with E-state index in [2.05, 4.69) is 50.0 Å². The Morgan fingerprint density at radius 2 is 1.22 bits per heavy atom. The number of rotatable bonds is 7. The summed E-state index contributed by atoms with van der Waals surface area (Å²) >= 11 is 3.49. The van der Waals surface area contributed by atoms with Gasteiger partial charge in [0, 0.05) is 43.7 Å². The molecule has 1 aliphatic rings. The smallest absolute Gasteiger partial charge is 0.203 e. The molecule has 0 N–H and O–H groups in total. The van der Waals surface area contributed by atoms with Crippen LogP contribution in [0.15, 0.2) is 40.9 Å². The lowest BCUT2D eigenvalue weighted by atomic mass is 10.1. The van der Waals surface area contributed by atoms with Crippen LogP contribution in [-0.4, -0.2) is 57.3 Å². The average Bonchev–Trinajstić information content (AvgIpc) is 2.70. The zero-order valence-electron chi connectivity index (χ0n) is 16.2. The Morgan fingerprint density at radius 3 is 1.67 bits per heavy atom. The number of piperazine rings is 1. The van der Waals surface area contributed by atoms with Gasteiger partial charge in [-0.25, -0.2) is 0 Å². The van der Waals surface area contributed by atoms with E-state index in [1.165, 1.54) is 11.1 Å². The monoisotopic (exact) mass is 434 g/mol. The summed E-state index contributed by atoms with van der Waals surface area (Å²) in [6.45, 7) is 6.12. The molecule has 1 fully saturated rings. The highest BCUT2D eigenvalue weighted by molar-refractivity contribution is 9.10. The fourth-order valence-corrected chi connectivity index (χ4v) is 3.70. The highest BCUT2D eigenvalue weighted by Crippen LogP contribution is 2.38. The Bertz CT molecular complexity index is 719.